The highest BCUT2D eigenvalue weighted by Crippen LogP contribution is 2.23. The summed E-state index contributed by atoms with van der Waals surface area (Å²) in [5, 5.41) is 4.17. The van der Waals surface area contributed by atoms with Gasteiger partial charge in [0.15, 0.2) is 5.65 Å². The molecule has 0 aromatic carbocycles. The first kappa shape index (κ1) is 8.23. The zero-order valence-corrected chi connectivity index (χ0v) is 8.15. The molecule has 3 nitrogen and oxygen atoms in total. The van der Waals surface area contributed by atoms with E-state index in [4.69, 9.17) is 0 Å². The van der Waals surface area contributed by atoms with E-state index in [9.17, 15) is 0 Å². The summed E-state index contributed by atoms with van der Waals surface area (Å²) in [6.45, 7) is 6.55. The molecule has 3 heteroatoms. The highest BCUT2D eigenvalue weighted by Gasteiger charge is 2.15. The minimum atomic E-state index is 0.162. The van der Waals surface area contributed by atoms with Crippen LogP contribution in [0, 0.1) is 0 Å². The molecule has 0 radical (unpaired) electrons. The lowest BCUT2D eigenvalue weighted by molar-refractivity contribution is 0.589. The van der Waals surface area contributed by atoms with Crippen molar-refractivity contribution in [1.82, 2.24) is 14.6 Å². The fourth-order valence-corrected chi connectivity index (χ4v) is 1.25. The average molecular weight is 175 g/mol. The Morgan fingerprint density at radius 1 is 1.23 bits per heavy atom. The first-order valence-corrected chi connectivity index (χ1v) is 4.37. The van der Waals surface area contributed by atoms with Crippen LogP contribution in [0.2, 0.25) is 0 Å². The van der Waals surface area contributed by atoms with Crippen LogP contribution in [0.1, 0.15) is 26.3 Å². The highest BCUT2D eigenvalue weighted by molar-refractivity contribution is 5.43. The molecule has 0 amide bonds. The van der Waals surface area contributed by atoms with Crippen molar-refractivity contribution in [3.8, 4) is 0 Å². The molecule has 0 saturated carbocycles. The summed E-state index contributed by atoms with van der Waals surface area (Å²) in [6, 6.07) is 2.08. The van der Waals surface area contributed by atoms with Gasteiger partial charge in [0.2, 0.25) is 0 Å². The summed E-state index contributed by atoms with van der Waals surface area (Å²) in [4.78, 5) is 4.22. The second-order valence-corrected chi connectivity index (χ2v) is 4.22. The Kier molecular flexibility index (Phi) is 1.62. The van der Waals surface area contributed by atoms with Gasteiger partial charge in [-0.3, -0.25) is 0 Å². The summed E-state index contributed by atoms with van der Waals surface area (Å²) in [6.07, 6.45) is 5.43. The SMILES string of the molecule is CC(C)(C)c1cc2nccnn2c1. The molecule has 0 aliphatic heterocycles. The molecule has 0 atom stereocenters. The maximum Gasteiger partial charge on any atom is 0.153 e. The molecule has 0 N–H and O–H groups in total. The molecule has 0 spiro atoms. The van der Waals surface area contributed by atoms with E-state index < -0.39 is 0 Å². The lowest BCUT2D eigenvalue weighted by Crippen LogP contribution is -2.09. The number of hydrogen-bond acceptors (Lipinski definition) is 2. The molecule has 0 saturated heterocycles. The molecule has 0 fully saturated rings. The average Bonchev–Trinajstić information content (AvgIpc) is 2.45. The van der Waals surface area contributed by atoms with Gasteiger partial charge in [0.1, 0.15) is 0 Å². The predicted molar refractivity (Wildman–Crippen MR) is 51.7 cm³/mol. The van der Waals surface area contributed by atoms with Crippen LogP contribution >= 0.6 is 0 Å². The molecule has 2 rings (SSSR count). The van der Waals surface area contributed by atoms with Gasteiger partial charge in [-0.2, -0.15) is 5.10 Å². The van der Waals surface area contributed by atoms with Crippen LogP contribution in [0.4, 0.5) is 0 Å². The number of rotatable bonds is 0. The van der Waals surface area contributed by atoms with Crippen LogP contribution in [-0.4, -0.2) is 14.6 Å². The lowest BCUT2D eigenvalue weighted by Gasteiger charge is -2.15. The Balaban J connectivity index is 2.63. The van der Waals surface area contributed by atoms with Gasteiger partial charge in [0.05, 0.1) is 6.20 Å². The van der Waals surface area contributed by atoms with Crippen molar-refractivity contribution in [2.24, 2.45) is 0 Å². The lowest BCUT2D eigenvalue weighted by atomic mass is 9.89. The first-order valence-electron chi connectivity index (χ1n) is 4.37. The molecule has 0 bridgehead atoms. The van der Waals surface area contributed by atoms with Crippen molar-refractivity contribution < 1.29 is 0 Å². The standard InChI is InChI=1S/C10H13N3/c1-10(2,3)8-6-9-11-4-5-12-13(9)7-8/h4-7H,1-3H3. The highest BCUT2D eigenvalue weighted by atomic mass is 15.2. The van der Waals surface area contributed by atoms with E-state index >= 15 is 0 Å². The van der Waals surface area contributed by atoms with Gasteiger partial charge in [0.25, 0.3) is 0 Å². The molecule has 0 aliphatic carbocycles. The molecule has 0 aliphatic rings. The van der Waals surface area contributed by atoms with E-state index in [2.05, 4.69) is 36.9 Å². The van der Waals surface area contributed by atoms with E-state index in [0.29, 0.717) is 0 Å². The minimum Gasteiger partial charge on any atom is -0.235 e. The van der Waals surface area contributed by atoms with Gasteiger partial charge in [-0.05, 0) is 17.0 Å². The normalized spacial score (nSPS) is 12.2. The van der Waals surface area contributed by atoms with Crippen LogP contribution in [0.3, 0.4) is 0 Å². The molecule has 0 unspecified atom stereocenters. The van der Waals surface area contributed by atoms with E-state index in [-0.39, 0.29) is 5.41 Å². The van der Waals surface area contributed by atoms with Crippen LogP contribution < -0.4 is 0 Å². The Bertz CT molecular complexity index is 390. The summed E-state index contributed by atoms with van der Waals surface area (Å²) in [5.41, 5.74) is 2.33. The van der Waals surface area contributed by atoms with E-state index in [1.165, 1.54) is 5.56 Å². The number of fused-ring (bicyclic) bond motifs is 1. The van der Waals surface area contributed by atoms with Crippen molar-refractivity contribution in [3.63, 3.8) is 0 Å². The largest absolute Gasteiger partial charge is 0.235 e. The van der Waals surface area contributed by atoms with Gasteiger partial charge in [-0.1, -0.05) is 20.8 Å². The molecule has 2 aromatic heterocycles. The second-order valence-electron chi connectivity index (χ2n) is 4.22. The Morgan fingerprint density at radius 2 is 2.00 bits per heavy atom. The molecule has 13 heavy (non-hydrogen) atoms. The Hall–Kier alpha value is -1.38. The van der Waals surface area contributed by atoms with Crippen LogP contribution in [0.5, 0.6) is 0 Å². The Labute approximate surface area is 77.4 Å². The summed E-state index contributed by atoms with van der Waals surface area (Å²) in [7, 11) is 0. The predicted octanol–water partition coefficient (Wildman–Crippen LogP) is 2.03. The molecule has 68 valence electrons. The number of hydrogen-bond donors (Lipinski definition) is 0. The van der Waals surface area contributed by atoms with Gasteiger partial charge in [0, 0.05) is 12.4 Å². The maximum atomic E-state index is 4.22. The minimum absolute atomic E-state index is 0.162. The van der Waals surface area contributed by atoms with E-state index in [1.54, 1.807) is 16.9 Å². The smallest absolute Gasteiger partial charge is 0.153 e. The third-order valence-corrected chi connectivity index (χ3v) is 2.11. The summed E-state index contributed by atoms with van der Waals surface area (Å²) >= 11 is 0. The molecular weight excluding hydrogens is 162 g/mol. The molecular formula is C10H13N3. The van der Waals surface area contributed by atoms with E-state index in [1.807, 2.05) is 6.20 Å². The number of aromatic nitrogens is 3. The van der Waals surface area contributed by atoms with Gasteiger partial charge < -0.3 is 0 Å². The topological polar surface area (TPSA) is 30.2 Å². The van der Waals surface area contributed by atoms with E-state index in [0.717, 1.165) is 5.65 Å². The third-order valence-electron chi connectivity index (χ3n) is 2.11. The maximum absolute atomic E-state index is 4.22. The zero-order valence-electron chi connectivity index (χ0n) is 8.15. The quantitative estimate of drug-likeness (QED) is 0.613. The second kappa shape index (κ2) is 2.55. The molecule has 2 aromatic rings. The van der Waals surface area contributed by atoms with Crippen molar-refractivity contribution in [2.45, 2.75) is 26.2 Å². The fourth-order valence-electron chi connectivity index (χ4n) is 1.25. The van der Waals surface area contributed by atoms with Gasteiger partial charge in [-0.15, -0.1) is 0 Å². The number of nitrogens with zero attached hydrogens (tertiary/aromatic N) is 3. The summed E-state index contributed by atoms with van der Waals surface area (Å²) in [5.74, 6) is 0. The monoisotopic (exact) mass is 175 g/mol. The fraction of sp³-hybridized carbons (Fsp3) is 0.400. The zero-order chi connectivity index (χ0) is 9.47. The molecule has 2 heterocycles. The third kappa shape index (κ3) is 1.41. The van der Waals surface area contributed by atoms with Crippen molar-refractivity contribution in [1.29, 1.82) is 0 Å². The van der Waals surface area contributed by atoms with Crippen molar-refractivity contribution in [3.05, 3.63) is 30.2 Å². The van der Waals surface area contributed by atoms with Crippen molar-refractivity contribution in [2.75, 3.05) is 0 Å². The first-order chi connectivity index (χ1) is 6.07. The van der Waals surface area contributed by atoms with Crippen LogP contribution in [0.25, 0.3) is 5.65 Å². The van der Waals surface area contributed by atoms with Crippen molar-refractivity contribution >= 4 is 5.65 Å². The van der Waals surface area contributed by atoms with Gasteiger partial charge >= 0.3 is 0 Å². The Morgan fingerprint density at radius 3 is 2.62 bits per heavy atom. The summed E-state index contributed by atoms with van der Waals surface area (Å²) < 4.78 is 1.81. The van der Waals surface area contributed by atoms with Crippen LogP contribution in [-0.2, 0) is 5.41 Å². The van der Waals surface area contributed by atoms with Crippen LogP contribution in [0.15, 0.2) is 24.7 Å². The van der Waals surface area contributed by atoms with Gasteiger partial charge in [-0.25, -0.2) is 9.50 Å².